The van der Waals surface area contributed by atoms with Crippen LogP contribution in [0.2, 0.25) is 5.02 Å². The molecule has 0 saturated carbocycles. The molecule has 1 heterocycles. The summed E-state index contributed by atoms with van der Waals surface area (Å²) in [4.78, 5) is 9.91. The van der Waals surface area contributed by atoms with Crippen molar-refractivity contribution in [3.8, 4) is 0 Å². The fourth-order valence-electron chi connectivity index (χ4n) is 1.29. The zero-order chi connectivity index (χ0) is 12.0. The Labute approximate surface area is 98.7 Å². The number of halogens is 1. The lowest BCUT2D eigenvalue weighted by atomic mass is 10.4. The van der Waals surface area contributed by atoms with Crippen LogP contribution >= 0.6 is 11.6 Å². The van der Waals surface area contributed by atoms with Gasteiger partial charge >= 0.3 is 5.82 Å². The van der Waals surface area contributed by atoms with Gasteiger partial charge in [-0.25, -0.2) is 0 Å². The molecule has 0 aliphatic rings. The third-order valence-corrected chi connectivity index (χ3v) is 2.31. The molecule has 0 spiro atoms. The summed E-state index contributed by atoms with van der Waals surface area (Å²) in [5.41, 5.74) is 0. The molecule has 1 aromatic heterocycles. The third-order valence-electron chi connectivity index (χ3n) is 2.04. The molecule has 0 saturated heterocycles. The minimum atomic E-state index is -0.575. The van der Waals surface area contributed by atoms with Gasteiger partial charge in [-0.3, -0.25) is 0 Å². The highest BCUT2D eigenvalue weighted by Crippen LogP contribution is 2.21. The van der Waals surface area contributed by atoms with Gasteiger partial charge < -0.3 is 15.4 Å². The SMILES string of the molecule is CCCNCCCn1cc(Cl)c([N+](=O)[O-])n1. The number of nitro groups is 1. The smallest absolute Gasteiger partial charge is 0.358 e. The summed E-state index contributed by atoms with van der Waals surface area (Å²) in [6, 6.07) is 0. The van der Waals surface area contributed by atoms with E-state index < -0.39 is 4.92 Å². The molecule has 0 atom stereocenters. The number of nitrogens with zero attached hydrogens (tertiary/aromatic N) is 3. The topological polar surface area (TPSA) is 73.0 Å². The molecule has 16 heavy (non-hydrogen) atoms. The number of nitrogens with one attached hydrogen (secondary N) is 1. The molecule has 0 aliphatic heterocycles. The Morgan fingerprint density at radius 1 is 1.62 bits per heavy atom. The maximum Gasteiger partial charge on any atom is 0.408 e. The monoisotopic (exact) mass is 246 g/mol. The van der Waals surface area contributed by atoms with Gasteiger partial charge in [0.1, 0.15) is 0 Å². The molecule has 90 valence electrons. The second-order valence-corrected chi connectivity index (χ2v) is 3.83. The molecule has 7 heteroatoms. The van der Waals surface area contributed by atoms with Gasteiger partial charge in [0.2, 0.25) is 0 Å². The Morgan fingerprint density at radius 2 is 2.38 bits per heavy atom. The Bertz CT molecular complexity index is 353. The molecule has 1 aromatic rings. The average molecular weight is 247 g/mol. The second kappa shape index (κ2) is 6.44. The fraction of sp³-hybridized carbons (Fsp3) is 0.667. The van der Waals surface area contributed by atoms with Gasteiger partial charge in [-0.15, -0.1) is 0 Å². The lowest BCUT2D eigenvalue weighted by Gasteiger charge is -2.00. The third kappa shape index (κ3) is 3.79. The number of aryl methyl sites for hydroxylation is 1. The van der Waals surface area contributed by atoms with Crippen molar-refractivity contribution in [1.29, 1.82) is 0 Å². The van der Waals surface area contributed by atoms with Gasteiger partial charge in [0.25, 0.3) is 0 Å². The summed E-state index contributed by atoms with van der Waals surface area (Å²) in [5, 5.41) is 17.6. The minimum absolute atomic E-state index is 0.0894. The van der Waals surface area contributed by atoms with E-state index in [-0.39, 0.29) is 10.8 Å². The Hall–Kier alpha value is -1.14. The van der Waals surface area contributed by atoms with Crippen molar-refractivity contribution in [2.75, 3.05) is 13.1 Å². The van der Waals surface area contributed by atoms with Gasteiger partial charge in [0, 0.05) is 0 Å². The highest BCUT2D eigenvalue weighted by atomic mass is 35.5. The van der Waals surface area contributed by atoms with Crippen LogP contribution in [-0.4, -0.2) is 27.8 Å². The van der Waals surface area contributed by atoms with Crippen molar-refractivity contribution in [1.82, 2.24) is 15.1 Å². The summed E-state index contributed by atoms with van der Waals surface area (Å²) in [6.07, 6.45) is 3.45. The summed E-state index contributed by atoms with van der Waals surface area (Å²) < 4.78 is 1.51. The van der Waals surface area contributed by atoms with E-state index in [9.17, 15) is 10.1 Å². The van der Waals surface area contributed by atoms with E-state index in [4.69, 9.17) is 11.6 Å². The second-order valence-electron chi connectivity index (χ2n) is 3.42. The fourth-order valence-corrected chi connectivity index (χ4v) is 1.51. The van der Waals surface area contributed by atoms with E-state index in [2.05, 4.69) is 17.3 Å². The molecule has 6 nitrogen and oxygen atoms in total. The van der Waals surface area contributed by atoms with E-state index in [0.717, 1.165) is 25.9 Å². The van der Waals surface area contributed by atoms with Crippen LogP contribution in [-0.2, 0) is 6.54 Å². The van der Waals surface area contributed by atoms with Crippen molar-refractivity contribution >= 4 is 17.4 Å². The van der Waals surface area contributed by atoms with E-state index in [1.807, 2.05) is 0 Å². The molecule has 1 N–H and O–H groups in total. The number of hydrogen-bond acceptors (Lipinski definition) is 4. The van der Waals surface area contributed by atoms with Crippen molar-refractivity contribution < 1.29 is 4.92 Å². The van der Waals surface area contributed by atoms with Gasteiger partial charge in [-0.1, -0.05) is 18.5 Å². The normalized spacial score (nSPS) is 10.6. The molecule has 0 radical (unpaired) electrons. The van der Waals surface area contributed by atoms with Crippen LogP contribution in [0, 0.1) is 10.1 Å². The van der Waals surface area contributed by atoms with E-state index in [0.29, 0.717) is 6.54 Å². The predicted octanol–water partition coefficient (Wildman–Crippen LogP) is 1.83. The van der Waals surface area contributed by atoms with E-state index in [1.54, 1.807) is 0 Å². The Morgan fingerprint density at radius 3 is 2.94 bits per heavy atom. The van der Waals surface area contributed by atoms with Crippen LogP contribution in [0.25, 0.3) is 0 Å². The van der Waals surface area contributed by atoms with E-state index in [1.165, 1.54) is 10.9 Å². The minimum Gasteiger partial charge on any atom is -0.358 e. The van der Waals surface area contributed by atoms with Crippen LogP contribution < -0.4 is 5.32 Å². The standard InChI is InChI=1S/C9H15ClN4O2/c1-2-4-11-5-3-6-13-7-8(10)9(12-13)14(15)16/h7,11H,2-6H2,1H3. The van der Waals surface area contributed by atoms with Gasteiger partial charge in [0.15, 0.2) is 5.02 Å². The van der Waals surface area contributed by atoms with Gasteiger partial charge in [-0.2, -0.15) is 4.68 Å². The zero-order valence-electron chi connectivity index (χ0n) is 9.15. The van der Waals surface area contributed by atoms with Crippen LogP contribution in [0.4, 0.5) is 5.82 Å². The van der Waals surface area contributed by atoms with Crippen LogP contribution in [0.1, 0.15) is 19.8 Å². The molecule has 0 amide bonds. The van der Waals surface area contributed by atoms with Crippen molar-refractivity contribution in [3.63, 3.8) is 0 Å². The molecular formula is C9H15ClN4O2. The Balaban J connectivity index is 2.37. The quantitative estimate of drug-likeness (QED) is 0.453. The first-order chi connectivity index (χ1) is 7.65. The average Bonchev–Trinajstić information content (AvgIpc) is 2.59. The van der Waals surface area contributed by atoms with Gasteiger partial charge in [-0.05, 0) is 30.9 Å². The van der Waals surface area contributed by atoms with Crippen LogP contribution in [0.3, 0.4) is 0 Å². The molecule has 0 aliphatic carbocycles. The largest absolute Gasteiger partial charge is 0.408 e. The van der Waals surface area contributed by atoms with Crippen molar-refractivity contribution in [3.05, 3.63) is 21.3 Å². The van der Waals surface area contributed by atoms with Crippen LogP contribution in [0.15, 0.2) is 6.20 Å². The summed E-state index contributed by atoms with van der Waals surface area (Å²) in [5.74, 6) is -0.275. The lowest BCUT2D eigenvalue weighted by Crippen LogP contribution is -2.17. The summed E-state index contributed by atoms with van der Waals surface area (Å²) >= 11 is 5.66. The number of aromatic nitrogens is 2. The van der Waals surface area contributed by atoms with Crippen LogP contribution in [0.5, 0.6) is 0 Å². The number of rotatable bonds is 7. The summed E-state index contributed by atoms with van der Waals surface area (Å²) in [6.45, 7) is 4.59. The molecule has 0 fully saturated rings. The summed E-state index contributed by atoms with van der Waals surface area (Å²) in [7, 11) is 0. The predicted molar refractivity (Wildman–Crippen MR) is 61.7 cm³/mol. The maximum atomic E-state index is 10.5. The van der Waals surface area contributed by atoms with Crippen molar-refractivity contribution in [2.24, 2.45) is 0 Å². The Kier molecular flexibility index (Phi) is 5.21. The first kappa shape index (κ1) is 12.9. The van der Waals surface area contributed by atoms with Crippen molar-refractivity contribution in [2.45, 2.75) is 26.3 Å². The highest BCUT2D eigenvalue weighted by Gasteiger charge is 2.18. The first-order valence-electron chi connectivity index (χ1n) is 5.23. The molecule has 0 bridgehead atoms. The van der Waals surface area contributed by atoms with Gasteiger partial charge in [0.05, 0.1) is 17.8 Å². The number of hydrogen-bond donors (Lipinski definition) is 1. The first-order valence-corrected chi connectivity index (χ1v) is 5.61. The molecule has 1 rings (SSSR count). The maximum absolute atomic E-state index is 10.5. The highest BCUT2D eigenvalue weighted by molar-refractivity contribution is 6.32. The molecular weight excluding hydrogens is 232 g/mol. The van der Waals surface area contributed by atoms with E-state index >= 15 is 0 Å². The molecule has 0 aromatic carbocycles. The molecule has 0 unspecified atom stereocenters. The lowest BCUT2D eigenvalue weighted by molar-refractivity contribution is -0.389. The zero-order valence-corrected chi connectivity index (χ0v) is 9.90.